The van der Waals surface area contributed by atoms with Crippen LogP contribution in [0.1, 0.15) is 25.7 Å². The van der Waals surface area contributed by atoms with E-state index in [-0.39, 0.29) is 12.5 Å². The van der Waals surface area contributed by atoms with Gasteiger partial charge in [0.25, 0.3) is 0 Å². The molecule has 2 rings (SSSR count). The molecule has 0 radical (unpaired) electrons. The molecule has 1 aliphatic carbocycles. The number of allylic oxidation sites excluding steroid dienone is 2. The molecule has 1 fully saturated rings. The zero-order valence-corrected chi connectivity index (χ0v) is 9.06. The van der Waals surface area contributed by atoms with E-state index in [4.69, 9.17) is 5.11 Å². The SMILES string of the molecule is O=C1C[C@H]2CC=CC[C@@H]2CN1CCCO. The maximum Gasteiger partial charge on any atom is 0.222 e. The normalized spacial score (nSPS) is 30.5. The molecule has 1 aliphatic heterocycles. The fraction of sp³-hybridized carbons (Fsp3) is 0.750. The van der Waals surface area contributed by atoms with Gasteiger partial charge >= 0.3 is 0 Å². The zero-order valence-electron chi connectivity index (χ0n) is 9.06. The van der Waals surface area contributed by atoms with Crippen molar-refractivity contribution in [1.82, 2.24) is 4.90 Å². The summed E-state index contributed by atoms with van der Waals surface area (Å²) in [6.07, 6.45) is 8.05. The third kappa shape index (κ3) is 2.40. The van der Waals surface area contributed by atoms with Crippen molar-refractivity contribution in [1.29, 1.82) is 0 Å². The van der Waals surface area contributed by atoms with Crippen LogP contribution in [-0.2, 0) is 4.79 Å². The molecule has 1 saturated heterocycles. The van der Waals surface area contributed by atoms with Gasteiger partial charge in [-0.2, -0.15) is 0 Å². The van der Waals surface area contributed by atoms with Gasteiger partial charge in [-0.15, -0.1) is 0 Å². The van der Waals surface area contributed by atoms with E-state index >= 15 is 0 Å². The van der Waals surface area contributed by atoms with E-state index in [1.54, 1.807) is 0 Å². The number of likely N-dealkylation sites (tertiary alicyclic amines) is 1. The highest BCUT2D eigenvalue weighted by Gasteiger charge is 2.33. The molecule has 2 aliphatic rings. The molecule has 0 saturated carbocycles. The maximum atomic E-state index is 11.8. The minimum atomic E-state index is 0.178. The number of amides is 1. The smallest absolute Gasteiger partial charge is 0.222 e. The van der Waals surface area contributed by atoms with Gasteiger partial charge in [0.2, 0.25) is 5.91 Å². The molecule has 0 bridgehead atoms. The van der Waals surface area contributed by atoms with Gasteiger partial charge in [-0.3, -0.25) is 4.79 Å². The Kier molecular flexibility index (Phi) is 3.41. The predicted molar refractivity (Wildman–Crippen MR) is 58.3 cm³/mol. The number of aliphatic hydroxyl groups excluding tert-OH is 1. The van der Waals surface area contributed by atoms with E-state index in [2.05, 4.69) is 12.2 Å². The number of aliphatic hydroxyl groups is 1. The molecule has 84 valence electrons. The molecule has 1 amide bonds. The van der Waals surface area contributed by atoms with Crippen LogP contribution in [0.4, 0.5) is 0 Å². The van der Waals surface area contributed by atoms with Gasteiger partial charge in [-0.05, 0) is 31.1 Å². The van der Waals surface area contributed by atoms with Crippen LogP contribution in [0, 0.1) is 11.8 Å². The summed E-state index contributed by atoms with van der Waals surface area (Å²) in [4.78, 5) is 13.7. The van der Waals surface area contributed by atoms with E-state index in [9.17, 15) is 4.79 Å². The molecule has 15 heavy (non-hydrogen) atoms. The Labute approximate surface area is 90.8 Å². The predicted octanol–water partition coefficient (Wildman–Crippen LogP) is 1.18. The summed E-state index contributed by atoms with van der Waals surface area (Å²) in [6.45, 7) is 1.80. The molecule has 0 aromatic rings. The molecule has 3 nitrogen and oxygen atoms in total. The third-order valence-electron chi connectivity index (χ3n) is 3.54. The van der Waals surface area contributed by atoms with E-state index in [0.29, 0.717) is 24.7 Å². The second kappa shape index (κ2) is 4.79. The van der Waals surface area contributed by atoms with E-state index in [1.807, 2.05) is 4.90 Å². The summed E-state index contributed by atoms with van der Waals surface area (Å²) in [5.74, 6) is 1.51. The fourth-order valence-corrected chi connectivity index (χ4v) is 2.62. The van der Waals surface area contributed by atoms with Gasteiger partial charge in [0, 0.05) is 26.1 Å². The van der Waals surface area contributed by atoms with E-state index < -0.39 is 0 Å². The standard InChI is InChI=1S/C12H19NO2/c14-7-3-6-13-9-11-5-2-1-4-10(11)8-12(13)15/h1-2,10-11,14H,3-9H2/t10-,11-/m1/s1. The minimum absolute atomic E-state index is 0.178. The van der Waals surface area contributed by atoms with Gasteiger partial charge in [-0.25, -0.2) is 0 Å². The van der Waals surface area contributed by atoms with Gasteiger partial charge in [0.1, 0.15) is 0 Å². The van der Waals surface area contributed by atoms with Crippen LogP contribution in [0.25, 0.3) is 0 Å². The minimum Gasteiger partial charge on any atom is -0.396 e. The number of hydrogen-bond acceptors (Lipinski definition) is 2. The molecule has 0 aromatic carbocycles. The first-order valence-electron chi connectivity index (χ1n) is 5.85. The Bertz CT molecular complexity index is 262. The first-order chi connectivity index (χ1) is 7.31. The molecule has 0 aromatic heterocycles. The van der Waals surface area contributed by atoms with Crippen LogP contribution < -0.4 is 0 Å². The molecular weight excluding hydrogens is 190 g/mol. The second-order valence-electron chi connectivity index (χ2n) is 4.58. The number of piperidine rings is 1. The van der Waals surface area contributed by atoms with Crippen molar-refractivity contribution >= 4 is 5.91 Å². The van der Waals surface area contributed by atoms with Crippen molar-refractivity contribution in [3.63, 3.8) is 0 Å². The number of carbonyl (C=O) groups is 1. The van der Waals surface area contributed by atoms with Crippen molar-refractivity contribution in [2.24, 2.45) is 11.8 Å². The van der Waals surface area contributed by atoms with Crippen LogP contribution in [0.3, 0.4) is 0 Å². The number of hydrogen-bond donors (Lipinski definition) is 1. The Balaban J connectivity index is 1.93. The van der Waals surface area contributed by atoms with Crippen molar-refractivity contribution in [3.05, 3.63) is 12.2 Å². The highest BCUT2D eigenvalue weighted by molar-refractivity contribution is 5.77. The van der Waals surface area contributed by atoms with Crippen LogP contribution in [0.5, 0.6) is 0 Å². The summed E-state index contributed by atoms with van der Waals surface area (Å²) >= 11 is 0. The average molecular weight is 209 g/mol. The van der Waals surface area contributed by atoms with Crippen LogP contribution in [0.2, 0.25) is 0 Å². The molecule has 0 spiro atoms. The van der Waals surface area contributed by atoms with Gasteiger partial charge in [0.15, 0.2) is 0 Å². The topological polar surface area (TPSA) is 40.5 Å². The monoisotopic (exact) mass is 209 g/mol. The fourth-order valence-electron chi connectivity index (χ4n) is 2.62. The number of carbonyl (C=O) groups excluding carboxylic acids is 1. The van der Waals surface area contributed by atoms with Crippen LogP contribution in [-0.4, -0.2) is 35.6 Å². The first kappa shape index (κ1) is 10.7. The highest BCUT2D eigenvalue weighted by Crippen LogP contribution is 2.33. The Morgan fingerprint density at radius 2 is 2.07 bits per heavy atom. The zero-order chi connectivity index (χ0) is 10.7. The van der Waals surface area contributed by atoms with Crippen LogP contribution >= 0.6 is 0 Å². The summed E-state index contributed by atoms with van der Waals surface area (Å²) < 4.78 is 0. The summed E-state index contributed by atoms with van der Waals surface area (Å²) in [5, 5.41) is 8.77. The highest BCUT2D eigenvalue weighted by atomic mass is 16.3. The Morgan fingerprint density at radius 1 is 1.33 bits per heavy atom. The third-order valence-corrected chi connectivity index (χ3v) is 3.54. The Hall–Kier alpha value is -0.830. The lowest BCUT2D eigenvalue weighted by Crippen LogP contribution is -2.45. The van der Waals surface area contributed by atoms with Crippen molar-refractivity contribution in [2.75, 3.05) is 19.7 Å². The maximum absolute atomic E-state index is 11.8. The largest absolute Gasteiger partial charge is 0.396 e. The molecule has 0 unspecified atom stereocenters. The summed E-state index contributed by atoms with van der Waals surface area (Å²) in [5.41, 5.74) is 0. The Morgan fingerprint density at radius 3 is 2.80 bits per heavy atom. The average Bonchev–Trinajstić information content (AvgIpc) is 2.26. The van der Waals surface area contributed by atoms with Crippen LogP contribution in [0.15, 0.2) is 12.2 Å². The number of fused-ring (bicyclic) bond motifs is 1. The molecule has 1 heterocycles. The van der Waals surface area contributed by atoms with Crippen molar-refractivity contribution in [3.8, 4) is 0 Å². The van der Waals surface area contributed by atoms with Gasteiger partial charge in [0.05, 0.1) is 0 Å². The van der Waals surface area contributed by atoms with Crippen molar-refractivity contribution < 1.29 is 9.90 Å². The lowest BCUT2D eigenvalue weighted by atomic mass is 9.78. The quantitative estimate of drug-likeness (QED) is 0.709. The number of nitrogens with zero attached hydrogens (tertiary/aromatic N) is 1. The molecule has 3 heteroatoms. The second-order valence-corrected chi connectivity index (χ2v) is 4.58. The lowest BCUT2D eigenvalue weighted by molar-refractivity contribution is -0.137. The summed E-state index contributed by atoms with van der Waals surface area (Å²) in [7, 11) is 0. The molecule has 1 N–H and O–H groups in total. The van der Waals surface area contributed by atoms with Crippen molar-refractivity contribution in [2.45, 2.75) is 25.7 Å². The molecule has 2 atom stereocenters. The van der Waals surface area contributed by atoms with Gasteiger partial charge in [-0.1, -0.05) is 12.2 Å². The van der Waals surface area contributed by atoms with E-state index in [1.165, 1.54) is 0 Å². The first-order valence-corrected chi connectivity index (χ1v) is 5.85. The summed E-state index contributed by atoms with van der Waals surface area (Å²) in [6, 6.07) is 0. The van der Waals surface area contributed by atoms with Gasteiger partial charge < -0.3 is 10.0 Å². The number of rotatable bonds is 3. The van der Waals surface area contributed by atoms with E-state index in [0.717, 1.165) is 25.9 Å². The lowest BCUT2D eigenvalue weighted by Gasteiger charge is -2.39. The molecular formula is C12H19NO2.